The van der Waals surface area contributed by atoms with Gasteiger partial charge >= 0.3 is 0 Å². The summed E-state index contributed by atoms with van der Waals surface area (Å²) in [7, 11) is 0. The van der Waals surface area contributed by atoms with E-state index in [9.17, 15) is 4.39 Å². The Morgan fingerprint density at radius 2 is 1.85 bits per heavy atom. The average molecular weight is 363 g/mol. The molecule has 0 radical (unpaired) electrons. The number of aliphatic imine (C=N–C) groups is 1. The lowest BCUT2D eigenvalue weighted by Crippen LogP contribution is -2.38. The topological polar surface area (TPSA) is 39.7 Å². The number of nitrogens with one attached hydrogen (secondary N) is 2. The second-order valence-corrected chi connectivity index (χ2v) is 7.12. The fourth-order valence-electron chi connectivity index (χ4n) is 3.33. The van der Waals surface area contributed by atoms with Crippen LogP contribution in [0.4, 0.5) is 4.39 Å². The van der Waals surface area contributed by atoms with Gasteiger partial charge in [0, 0.05) is 18.5 Å². The van der Waals surface area contributed by atoms with Crippen LogP contribution in [0.5, 0.6) is 0 Å². The van der Waals surface area contributed by atoms with Crippen LogP contribution in [0.2, 0.25) is 0 Å². The summed E-state index contributed by atoms with van der Waals surface area (Å²) >= 11 is 0. The van der Waals surface area contributed by atoms with Gasteiger partial charge in [0.05, 0.1) is 6.54 Å². The van der Waals surface area contributed by atoms with Crippen molar-refractivity contribution >= 4 is 5.96 Å². The van der Waals surface area contributed by atoms with Crippen molar-refractivity contribution in [3.63, 3.8) is 0 Å². The van der Waals surface area contributed by atoms with Gasteiger partial charge in [0.1, 0.15) is 5.82 Å². The largest absolute Gasteiger partial charge is 0.357 e. The van der Waals surface area contributed by atoms with E-state index in [0.717, 1.165) is 63.5 Å². The lowest BCUT2D eigenvalue weighted by atomic mass is 9.95. The summed E-state index contributed by atoms with van der Waals surface area (Å²) in [4.78, 5) is 7.20. The number of hydrogen-bond acceptors (Lipinski definition) is 2. The molecule has 146 valence electrons. The van der Waals surface area contributed by atoms with Crippen molar-refractivity contribution in [2.24, 2.45) is 4.99 Å². The molecule has 1 aromatic carbocycles. The van der Waals surface area contributed by atoms with Crippen LogP contribution in [0.15, 0.2) is 29.3 Å². The molecule has 4 nitrogen and oxygen atoms in total. The van der Waals surface area contributed by atoms with Gasteiger partial charge in [-0.15, -0.1) is 0 Å². The summed E-state index contributed by atoms with van der Waals surface area (Å²) in [5.41, 5.74) is 0.718. The highest BCUT2D eigenvalue weighted by atomic mass is 19.1. The Hall–Kier alpha value is -1.62. The molecule has 2 rings (SSSR count). The molecule has 0 unspecified atom stereocenters. The summed E-state index contributed by atoms with van der Waals surface area (Å²) in [6, 6.07) is 7.13. The van der Waals surface area contributed by atoms with Crippen molar-refractivity contribution in [3.8, 4) is 0 Å². The van der Waals surface area contributed by atoms with E-state index in [0.29, 0.717) is 6.54 Å². The normalized spacial score (nSPS) is 16.0. The highest BCUT2D eigenvalue weighted by molar-refractivity contribution is 5.79. The van der Waals surface area contributed by atoms with Crippen LogP contribution >= 0.6 is 0 Å². The van der Waals surface area contributed by atoms with E-state index < -0.39 is 0 Å². The predicted molar refractivity (Wildman–Crippen MR) is 108 cm³/mol. The third-order valence-corrected chi connectivity index (χ3v) is 5.27. The Kier molecular flexibility index (Phi) is 8.36. The van der Waals surface area contributed by atoms with Gasteiger partial charge in [-0.25, -0.2) is 4.39 Å². The predicted octanol–water partition coefficient (Wildman–Crippen LogP) is 3.53. The van der Waals surface area contributed by atoms with Crippen LogP contribution in [-0.2, 0) is 5.41 Å². The van der Waals surface area contributed by atoms with Gasteiger partial charge in [0.15, 0.2) is 5.96 Å². The fraction of sp³-hybridized carbons (Fsp3) is 0.667. The summed E-state index contributed by atoms with van der Waals surface area (Å²) in [5.74, 6) is 0.743. The molecular formula is C21H35FN4. The molecule has 1 fully saturated rings. The van der Waals surface area contributed by atoms with Gasteiger partial charge in [-0.3, -0.25) is 4.99 Å². The van der Waals surface area contributed by atoms with E-state index in [1.807, 2.05) is 12.1 Å². The monoisotopic (exact) mass is 362 g/mol. The Bertz CT molecular complexity index is 565. The molecule has 26 heavy (non-hydrogen) atoms. The van der Waals surface area contributed by atoms with E-state index in [4.69, 9.17) is 4.99 Å². The first-order valence-electron chi connectivity index (χ1n) is 10.1. The van der Waals surface area contributed by atoms with Gasteiger partial charge in [0.25, 0.3) is 0 Å². The number of halogens is 1. The highest BCUT2D eigenvalue weighted by Gasteiger charge is 2.45. The van der Waals surface area contributed by atoms with Crippen LogP contribution in [-0.4, -0.2) is 50.1 Å². The minimum Gasteiger partial charge on any atom is -0.357 e. The molecule has 0 saturated heterocycles. The number of rotatable bonds is 11. The fourth-order valence-corrected chi connectivity index (χ4v) is 3.33. The minimum atomic E-state index is -0.102. The van der Waals surface area contributed by atoms with Crippen molar-refractivity contribution in [2.45, 2.75) is 51.9 Å². The average Bonchev–Trinajstić information content (AvgIpc) is 3.44. The number of benzene rings is 1. The van der Waals surface area contributed by atoms with Crippen molar-refractivity contribution in [3.05, 3.63) is 35.6 Å². The van der Waals surface area contributed by atoms with E-state index >= 15 is 0 Å². The van der Waals surface area contributed by atoms with Crippen molar-refractivity contribution < 1.29 is 4.39 Å². The molecule has 0 spiro atoms. The molecule has 0 aliphatic heterocycles. The van der Waals surface area contributed by atoms with Crippen LogP contribution < -0.4 is 10.6 Å². The first-order valence-corrected chi connectivity index (χ1v) is 10.1. The molecule has 1 aromatic rings. The van der Waals surface area contributed by atoms with Gasteiger partial charge in [0.2, 0.25) is 0 Å². The van der Waals surface area contributed by atoms with Crippen molar-refractivity contribution in [1.82, 2.24) is 15.5 Å². The van der Waals surface area contributed by atoms with Gasteiger partial charge in [-0.2, -0.15) is 0 Å². The summed E-state index contributed by atoms with van der Waals surface area (Å²) in [6.45, 7) is 12.3. The second-order valence-electron chi connectivity index (χ2n) is 7.12. The van der Waals surface area contributed by atoms with E-state index in [1.54, 1.807) is 12.1 Å². The summed E-state index contributed by atoms with van der Waals surface area (Å²) in [5, 5.41) is 6.73. The zero-order chi connectivity index (χ0) is 18.8. The maximum atomic E-state index is 14.1. The summed E-state index contributed by atoms with van der Waals surface area (Å²) < 4.78 is 14.1. The Morgan fingerprint density at radius 1 is 1.12 bits per heavy atom. The highest BCUT2D eigenvalue weighted by Crippen LogP contribution is 2.49. The molecule has 0 amide bonds. The first kappa shape index (κ1) is 20.7. The van der Waals surface area contributed by atoms with Crippen molar-refractivity contribution in [2.75, 3.05) is 39.3 Å². The Balaban J connectivity index is 1.82. The molecule has 1 aliphatic rings. The van der Waals surface area contributed by atoms with Crippen molar-refractivity contribution in [1.29, 1.82) is 0 Å². The zero-order valence-electron chi connectivity index (χ0n) is 16.7. The molecule has 0 heterocycles. The molecule has 1 saturated carbocycles. The Morgan fingerprint density at radius 3 is 2.46 bits per heavy atom. The van der Waals surface area contributed by atoms with E-state index in [-0.39, 0.29) is 11.2 Å². The number of hydrogen-bond donors (Lipinski definition) is 2. The van der Waals surface area contributed by atoms with Gasteiger partial charge in [-0.1, -0.05) is 32.0 Å². The van der Waals surface area contributed by atoms with Crippen LogP contribution in [0.3, 0.4) is 0 Å². The van der Waals surface area contributed by atoms with E-state index in [2.05, 4.69) is 36.3 Å². The smallest absolute Gasteiger partial charge is 0.191 e. The molecule has 1 aliphatic carbocycles. The third-order valence-electron chi connectivity index (χ3n) is 5.27. The van der Waals surface area contributed by atoms with Crippen LogP contribution in [0, 0.1) is 5.82 Å². The summed E-state index contributed by atoms with van der Waals surface area (Å²) in [6.07, 6.45) is 4.34. The third kappa shape index (κ3) is 5.97. The maximum absolute atomic E-state index is 14.1. The molecule has 0 bridgehead atoms. The van der Waals surface area contributed by atoms with Crippen LogP contribution in [0.1, 0.15) is 52.0 Å². The van der Waals surface area contributed by atoms with Gasteiger partial charge < -0.3 is 15.5 Å². The van der Waals surface area contributed by atoms with Gasteiger partial charge in [-0.05, 0) is 63.9 Å². The number of unbranched alkanes of at least 4 members (excludes halogenated alkanes) is 1. The first-order chi connectivity index (χ1) is 12.6. The van der Waals surface area contributed by atoms with Crippen LogP contribution in [0.25, 0.3) is 0 Å². The minimum absolute atomic E-state index is 0.101. The molecule has 2 N–H and O–H groups in total. The SMILES string of the molecule is CCNC(=NCC1(c2ccccc2F)CC1)NCCCCN(CC)CC. The maximum Gasteiger partial charge on any atom is 0.191 e. The zero-order valence-corrected chi connectivity index (χ0v) is 16.7. The number of nitrogens with zero attached hydrogens (tertiary/aromatic N) is 2. The molecule has 0 atom stereocenters. The second kappa shape index (κ2) is 10.5. The lowest BCUT2D eigenvalue weighted by Gasteiger charge is -2.18. The standard InChI is InChI=1S/C21H35FN4/c1-4-23-20(24-15-9-10-16-26(5-2)6-3)25-17-21(13-14-21)18-11-7-8-12-19(18)22/h7-8,11-12H,4-6,9-10,13-17H2,1-3H3,(H2,23,24,25). The Labute approximate surface area is 158 Å². The lowest BCUT2D eigenvalue weighted by molar-refractivity contribution is 0.297. The molecule has 0 aromatic heterocycles. The number of guanidine groups is 1. The van der Waals surface area contributed by atoms with E-state index in [1.165, 1.54) is 6.42 Å². The molecule has 5 heteroatoms. The quantitative estimate of drug-likeness (QED) is 0.359. The molecular weight excluding hydrogens is 327 g/mol.